The van der Waals surface area contributed by atoms with Crippen molar-refractivity contribution in [1.29, 1.82) is 0 Å². The SMILES string of the molecule is CC1CC(C)(C)N=C(/C=C/c2cccc3ccccc23)O1.Cl. The van der Waals surface area contributed by atoms with Crippen molar-refractivity contribution < 1.29 is 4.74 Å². The van der Waals surface area contributed by atoms with Crippen LogP contribution in [0.4, 0.5) is 0 Å². The van der Waals surface area contributed by atoms with E-state index in [9.17, 15) is 0 Å². The van der Waals surface area contributed by atoms with E-state index in [4.69, 9.17) is 4.74 Å². The van der Waals surface area contributed by atoms with E-state index in [1.165, 1.54) is 16.3 Å². The third-order valence-electron chi connectivity index (χ3n) is 3.75. The fourth-order valence-corrected chi connectivity index (χ4v) is 2.95. The maximum atomic E-state index is 5.82. The van der Waals surface area contributed by atoms with Gasteiger partial charge >= 0.3 is 0 Å². The third kappa shape index (κ3) is 3.69. The normalized spacial score (nSPS) is 20.3. The first-order valence-electron chi connectivity index (χ1n) is 7.46. The number of aliphatic imine (C=N–C) groups is 1. The fraction of sp³-hybridized carbons (Fsp3) is 0.316. The molecule has 1 aliphatic rings. The molecule has 0 aromatic heterocycles. The molecule has 1 aliphatic heterocycles. The van der Waals surface area contributed by atoms with Gasteiger partial charge in [0.15, 0.2) is 0 Å². The molecule has 0 spiro atoms. The van der Waals surface area contributed by atoms with E-state index in [2.05, 4.69) is 74.3 Å². The topological polar surface area (TPSA) is 21.6 Å². The van der Waals surface area contributed by atoms with Crippen molar-refractivity contribution in [3.05, 3.63) is 54.1 Å². The Balaban J connectivity index is 0.00000176. The summed E-state index contributed by atoms with van der Waals surface area (Å²) in [6, 6.07) is 14.7. The number of fused-ring (bicyclic) bond motifs is 1. The Bertz CT molecular complexity index is 713. The largest absolute Gasteiger partial charge is 0.475 e. The molecule has 3 heteroatoms. The Morgan fingerprint density at radius 2 is 1.82 bits per heavy atom. The van der Waals surface area contributed by atoms with Gasteiger partial charge in [0.25, 0.3) is 0 Å². The molecule has 0 saturated carbocycles. The van der Waals surface area contributed by atoms with Gasteiger partial charge in [0.1, 0.15) is 0 Å². The molecule has 0 N–H and O–H groups in total. The van der Waals surface area contributed by atoms with Crippen LogP contribution in [0.15, 0.2) is 53.5 Å². The van der Waals surface area contributed by atoms with Gasteiger partial charge in [-0.25, -0.2) is 4.99 Å². The lowest BCUT2D eigenvalue weighted by Crippen LogP contribution is -2.33. The first-order chi connectivity index (χ1) is 10.0. The molecule has 1 heterocycles. The van der Waals surface area contributed by atoms with E-state index in [1.54, 1.807) is 0 Å². The minimum absolute atomic E-state index is 0. The molecule has 0 bridgehead atoms. The lowest BCUT2D eigenvalue weighted by atomic mass is 9.97. The number of hydrogen-bond donors (Lipinski definition) is 0. The molecule has 2 aromatic carbocycles. The van der Waals surface area contributed by atoms with Crippen LogP contribution in [0.25, 0.3) is 16.8 Å². The van der Waals surface area contributed by atoms with Gasteiger partial charge in [0.05, 0.1) is 11.6 Å². The van der Waals surface area contributed by atoms with E-state index in [0.29, 0.717) is 0 Å². The van der Waals surface area contributed by atoms with Gasteiger partial charge in [-0.2, -0.15) is 0 Å². The van der Waals surface area contributed by atoms with Crippen molar-refractivity contribution in [1.82, 2.24) is 0 Å². The molecular formula is C19H22ClNO. The van der Waals surface area contributed by atoms with Crippen LogP contribution in [0.3, 0.4) is 0 Å². The lowest BCUT2D eigenvalue weighted by molar-refractivity contribution is 0.147. The van der Waals surface area contributed by atoms with E-state index < -0.39 is 0 Å². The number of hydrogen-bond acceptors (Lipinski definition) is 2. The summed E-state index contributed by atoms with van der Waals surface area (Å²) in [5, 5.41) is 2.50. The van der Waals surface area contributed by atoms with Crippen molar-refractivity contribution in [2.45, 2.75) is 38.8 Å². The van der Waals surface area contributed by atoms with Crippen molar-refractivity contribution in [3.63, 3.8) is 0 Å². The summed E-state index contributed by atoms with van der Waals surface area (Å²) in [4.78, 5) is 4.67. The van der Waals surface area contributed by atoms with Gasteiger partial charge in [-0.3, -0.25) is 0 Å². The lowest BCUT2D eigenvalue weighted by Gasteiger charge is -2.30. The Labute approximate surface area is 138 Å². The van der Waals surface area contributed by atoms with Crippen molar-refractivity contribution in [3.8, 4) is 0 Å². The summed E-state index contributed by atoms with van der Waals surface area (Å²) in [5.74, 6) is 0.728. The van der Waals surface area contributed by atoms with Gasteiger partial charge in [0, 0.05) is 12.5 Å². The third-order valence-corrected chi connectivity index (χ3v) is 3.75. The number of nitrogens with zero attached hydrogens (tertiary/aromatic N) is 1. The molecule has 0 radical (unpaired) electrons. The van der Waals surface area contributed by atoms with Gasteiger partial charge in [-0.1, -0.05) is 42.5 Å². The highest BCUT2D eigenvalue weighted by atomic mass is 35.5. The minimum Gasteiger partial charge on any atom is -0.475 e. The molecule has 0 amide bonds. The molecule has 0 aliphatic carbocycles. The quantitative estimate of drug-likeness (QED) is 0.740. The molecule has 1 atom stereocenters. The van der Waals surface area contributed by atoms with Crippen LogP contribution in [0, 0.1) is 0 Å². The number of rotatable bonds is 2. The van der Waals surface area contributed by atoms with Gasteiger partial charge in [-0.05, 0) is 43.2 Å². The smallest absolute Gasteiger partial charge is 0.209 e. The monoisotopic (exact) mass is 315 g/mol. The van der Waals surface area contributed by atoms with E-state index >= 15 is 0 Å². The molecule has 3 rings (SSSR count). The molecule has 2 nitrogen and oxygen atoms in total. The molecule has 116 valence electrons. The van der Waals surface area contributed by atoms with Crippen molar-refractivity contribution in [2.24, 2.45) is 4.99 Å². The first-order valence-corrected chi connectivity index (χ1v) is 7.46. The number of halogens is 1. The van der Waals surface area contributed by atoms with Gasteiger partial charge in [-0.15, -0.1) is 12.4 Å². The standard InChI is InChI=1S/C19H21NO.ClH/c1-14-13-19(2,3)20-18(21-14)12-11-16-9-6-8-15-7-4-5-10-17(15)16;/h4-12,14H,13H2,1-3H3;1H/b12-11+;. The predicted octanol–water partition coefficient (Wildman–Crippen LogP) is 5.26. The van der Waals surface area contributed by atoms with E-state index in [1.807, 2.05) is 6.08 Å². The Kier molecular flexibility index (Phi) is 4.92. The summed E-state index contributed by atoms with van der Waals surface area (Å²) in [7, 11) is 0. The van der Waals surface area contributed by atoms with Crippen LogP contribution in [0.1, 0.15) is 32.8 Å². The number of benzene rings is 2. The second-order valence-corrected chi connectivity index (χ2v) is 6.30. The zero-order valence-electron chi connectivity index (χ0n) is 13.2. The highest BCUT2D eigenvalue weighted by Gasteiger charge is 2.26. The Morgan fingerprint density at radius 3 is 2.59 bits per heavy atom. The maximum absolute atomic E-state index is 5.82. The van der Waals surface area contributed by atoms with Crippen LogP contribution in [-0.4, -0.2) is 17.5 Å². The first kappa shape index (κ1) is 16.6. The van der Waals surface area contributed by atoms with E-state index in [-0.39, 0.29) is 24.0 Å². The minimum atomic E-state index is -0.0455. The van der Waals surface area contributed by atoms with Crippen LogP contribution >= 0.6 is 12.4 Å². The van der Waals surface area contributed by atoms with Gasteiger partial charge < -0.3 is 4.74 Å². The predicted molar refractivity (Wildman–Crippen MR) is 96.9 cm³/mol. The highest BCUT2D eigenvalue weighted by Crippen LogP contribution is 2.25. The maximum Gasteiger partial charge on any atom is 0.209 e. The fourth-order valence-electron chi connectivity index (χ4n) is 2.95. The summed E-state index contributed by atoms with van der Waals surface area (Å²) < 4.78 is 5.82. The molecular weight excluding hydrogens is 294 g/mol. The summed E-state index contributed by atoms with van der Waals surface area (Å²) in [5.41, 5.74) is 1.14. The van der Waals surface area contributed by atoms with Crippen LogP contribution in [0.5, 0.6) is 0 Å². The zero-order chi connectivity index (χ0) is 14.9. The second-order valence-electron chi connectivity index (χ2n) is 6.30. The number of ether oxygens (including phenoxy) is 1. The van der Waals surface area contributed by atoms with Gasteiger partial charge in [0.2, 0.25) is 5.90 Å². The summed E-state index contributed by atoms with van der Waals surface area (Å²) in [6.45, 7) is 6.40. The molecule has 0 saturated heterocycles. The van der Waals surface area contributed by atoms with E-state index in [0.717, 1.165) is 12.3 Å². The molecule has 0 fully saturated rings. The molecule has 22 heavy (non-hydrogen) atoms. The second kappa shape index (κ2) is 6.53. The highest BCUT2D eigenvalue weighted by molar-refractivity contribution is 5.97. The average molecular weight is 316 g/mol. The zero-order valence-corrected chi connectivity index (χ0v) is 14.1. The van der Waals surface area contributed by atoms with Crippen molar-refractivity contribution in [2.75, 3.05) is 0 Å². The molecule has 2 aromatic rings. The van der Waals surface area contributed by atoms with Crippen LogP contribution in [-0.2, 0) is 4.74 Å². The van der Waals surface area contributed by atoms with Crippen molar-refractivity contribution >= 4 is 35.2 Å². The average Bonchev–Trinajstić information content (AvgIpc) is 2.43. The summed E-state index contributed by atoms with van der Waals surface area (Å²) >= 11 is 0. The van der Waals surface area contributed by atoms with Crippen LogP contribution in [0.2, 0.25) is 0 Å². The van der Waals surface area contributed by atoms with Crippen LogP contribution < -0.4 is 0 Å². The Morgan fingerprint density at radius 1 is 1.09 bits per heavy atom. The Hall–Kier alpha value is -1.80. The molecule has 1 unspecified atom stereocenters. The summed E-state index contributed by atoms with van der Waals surface area (Å²) in [6.07, 6.45) is 5.25.